The average Bonchev–Trinajstić information content (AvgIpc) is 2.84. The van der Waals surface area contributed by atoms with E-state index in [0.29, 0.717) is 6.04 Å². The lowest BCUT2D eigenvalue weighted by molar-refractivity contribution is 0.152. The molecule has 2 aliphatic rings. The van der Waals surface area contributed by atoms with Crippen LogP contribution in [0.3, 0.4) is 0 Å². The van der Waals surface area contributed by atoms with E-state index in [1.165, 1.54) is 25.8 Å². The number of nitrogens with two attached hydrogens (primary N) is 1. The Kier molecular flexibility index (Phi) is 3.84. The highest BCUT2D eigenvalue weighted by molar-refractivity contribution is 5.03. The van der Waals surface area contributed by atoms with E-state index in [0.717, 1.165) is 43.9 Å². The van der Waals surface area contributed by atoms with Crippen LogP contribution in [0.2, 0.25) is 0 Å². The smallest absolute Gasteiger partial charge is 0.135 e. The van der Waals surface area contributed by atoms with Crippen LogP contribution < -0.4 is 5.73 Å². The van der Waals surface area contributed by atoms with Crippen molar-refractivity contribution in [2.75, 3.05) is 13.1 Å². The van der Waals surface area contributed by atoms with Gasteiger partial charge in [-0.3, -0.25) is 4.57 Å². The number of hydrogen-bond donors (Lipinski definition) is 1. The molecular formula is C14H25N5. The van der Waals surface area contributed by atoms with E-state index >= 15 is 0 Å². The molecule has 0 radical (unpaired) electrons. The molecule has 2 N–H and O–H groups in total. The molecule has 0 bridgehead atoms. The van der Waals surface area contributed by atoms with Gasteiger partial charge in [-0.2, -0.15) is 0 Å². The van der Waals surface area contributed by atoms with Crippen LogP contribution in [0.4, 0.5) is 0 Å². The molecule has 1 saturated heterocycles. The first-order valence-electron chi connectivity index (χ1n) is 7.72. The normalized spacial score (nSPS) is 28.3. The lowest BCUT2D eigenvalue weighted by atomic mass is 9.99. The SMILES string of the molecule is CCN1CCCCC1Cc1nnc2n1C(N)CCC2. The Morgan fingerprint density at radius 2 is 2.11 bits per heavy atom. The molecule has 0 amide bonds. The quantitative estimate of drug-likeness (QED) is 0.897. The van der Waals surface area contributed by atoms with Crippen molar-refractivity contribution in [1.82, 2.24) is 19.7 Å². The molecule has 3 rings (SSSR count). The minimum absolute atomic E-state index is 0.0902. The fraction of sp³-hybridized carbons (Fsp3) is 0.857. The number of likely N-dealkylation sites (N-methyl/N-ethyl adjacent to an activating group) is 1. The van der Waals surface area contributed by atoms with E-state index < -0.39 is 0 Å². The summed E-state index contributed by atoms with van der Waals surface area (Å²) in [4.78, 5) is 2.58. The van der Waals surface area contributed by atoms with Crippen molar-refractivity contribution in [3.63, 3.8) is 0 Å². The summed E-state index contributed by atoms with van der Waals surface area (Å²) in [5, 5.41) is 8.76. The molecule has 2 atom stereocenters. The van der Waals surface area contributed by atoms with Crippen molar-refractivity contribution >= 4 is 0 Å². The zero-order valence-electron chi connectivity index (χ0n) is 11.9. The predicted octanol–water partition coefficient (Wildman–Crippen LogP) is 1.49. The second kappa shape index (κ2) is 5.59. The number of fused-ring (bicyclic) bond motifs is 1. The molecule has 3 heterocycles. The number of aryl methyl sites for hydroxylation is 1. The van der Waals surface area contributed by atoms with Gasteiger partial charge in [0.2, 0.25) is 0 Å². The van der Waals surface area contributed by atoms with Gasteiger partial charge in [0.25, 0.3) is 0 Å². The molecule has 5 heteroatoms. The van der Waals surface area contributed by atoms with Crippen molar-refractivity contribution in [2.45, 2.75) is 64.1 Å². The Balaban J connectivity index is 1.77. The van der Waals surface area contributed by atoms with Crippen LogP contribution in [0.1, 0.15) is 56.8 Å². The molecular weight excluding hydrogens is 238 g/mol. The molecule has 1 aromatic heterocycles. The summed E-state index contributed by atoms with van der Waals surface area (Å²) in [5.74, 6) is 2.19. The Labute approximate surface area is 115 Å². The number of aromatic nitrogens is 3. The van der Waals surface area contributed by atoms with Crippen LogP contribution >= 0.6 is 0 Å². The van der Waals surface area contributed by atoms with Crippen molar-refractivity contribution in [2.24, 2.45) is 5.73 Å². The topological polar surface area (TPSA) is 60.0 Å². The van der Waals surface area contributed by atoms with Gasteiger partial charge < -0.3 is 10.6 Å². The summed E-state index contributed by atoms with van der Waals surface area (Å²) in [5.41, 5.74) is 6.23. The maximum Gasteiger partial charge on any atom is 0.135 e. The third-order valence-electron chi connectivity index (χ3n) is 4.64. The summed E-state index contributed by atoms with van der Waals surface area (Å²) in [6, 6.07) is 0.626. The predicted molar refractivity (Wildman–Crippen MR) is 74.8 cm³/mol. The third kappa shape index (κ3) is 2.54. The van der Waals surface area contributed by atoms with E-state index in [9.17, 15) is 0 Å². The maximum atomic E-state index is 6.23. The fourth-order valence-electron chi connectivity index (χ4n) is 3.57. The zero-order valence-corrected chi connectivity index (χ0v) is 11.9. The van der Waals surface area contributed by atoms with Crippen LogP contribution in [0.25, 0.3) is 0 Å². The Morgan fingerprint density at radius 1 is 1.21 bits per heavy atom. The molecule has 19 heavy (non-hydrogen) atoms. The Bertz CT molecular complexity index is 427. The first-order chi connectivity index (χ1) is 9.29. The second-order valence-corrected chi connectivity index (χ2v) is 5.84. The van der Waals surface area contributed by atoms with Gasteiger partial charge >= 0.3 is 0 Å². The first kappa shape index (κ1) is 13.1. The highest BCUT2D eigenvalue weighted by atomic mass is 15.3. The molecule has 0 saturated carbocycles. The molecule has 0 aliphatic carbocycles. The van der Waals surface area contributed by atoms with Crippen LogP contribution in [-0.4, -0.2) is 38.8 Å². The molecule has 5 nitrogen and oxygen atoms in total. The number of likely N-dealkylation sites (tertiary alicyclic amines) is 1. The molecule has 2 unspecified atom stereocenters. The minimum Gasteiger partial charge on any atom is -0.311 e. The summed E-state index contributed by atoms with van der Waals surface area (Å²) in [6.07, 6.45) is 8.29. The van der Waals surface area contributed by atoms with Crippen LogP contribution in [0.5, 0.6) is 0 Å². The molecule has 0 aromatic carbocycles. The van der Waals surface area contributed by atoms with Crippen LogP contribution in [-0.2, 0) is 12.8 Å². The number of nitrogens with zero attached hydrogens (tertiary/aromatic N) is 4. The fourth-order valence-corrected chi connectivity index (χ4v) is 3.57. The second-order valence-electron chi connectivity index (χ2n) is 5.84. The van der Waals surface area contributed by atoms with Crippen molar-refractivity contribution in [3.8, 4) is 0 Å². The lowest BCUT2D eigenvalue weighted by Gasteiger charge is -2.35. The van der Waals surface area contributed by atoms with Crippen molar-refractivity contribution in [1.29, 1.82) is 0 Å². The van der Waals surface area contributed by atoms with E-state index in [4.69, 9.17) is 5.73 Å². The van der Waals surface area contributed by atoms with Crippen molar-refractivity contribution in [3.05, 3.63) is 11.6 Å². The third-order valence-corrected chi connectivity index (χ3v) is 4.64. The standard InChI is InChI=1S/C14H25N5/c1-2-18-9-4-3-6-11(18)10-14-17-16-13-8-5-7-12(15)19(13)14/h11-12H,2-10,15H2,1H3. The number of rotatable bonds is 3. The first-order valence-corrected chi connectivity index (χ1v) is 7.72. The van der Waals surface area contributed by atoms with E-state index in [-0.39, 0.29) is 6.17 Å². The summed E-state index contributed by atoms with van der Waals surface area (Å²) >= 11 is 0. The van der Waals surface area contributed by atoms with E-state index in [1.807, 2.05) is 0 Å². The van der Waals surface area contributed by atoms with Gasteiger partial charge in [-0.05, 0) is 38.8 Å². The molecule has 0 spiro atoms. The van der Waals surface area contributed by atoms with Gasteiger partial charge in [0.05, 0.1) is 6.17 Å². The number of piperidine rings is 1. The Morgan fingerprint density at radius 3 is 2.95 bits per heavy atom. The molecule has 1 fully saturated rings. The van der Waals surface area contributed by atoms with E-state index in [2.05, 4.69) is 26.6 Å². The van der Waals surface area contributed by atoms with Crippen LogP contribution in [0, 0.1) is 0 Å². The van der Waals surface area contributed by atoms with Gasteiger partial charge in [-0.25, -0.2) is 0 Å². The summed E-state index contributed by atoms with van der Waals surface area (Å²) < 4.78 is 2.20. The Hall–Kier alpha value is -0.940. The number of hydrogen-bond acceptors (Lipinski definition) is 4. The maximum absolute atomic E-state index is 6.23. The highest BCUT2D eigenvalue weighted by Gasteiger charge is 2.27. The minimum atomic E-state index is 0.0902. The summed E-state index contributed by atoms with van der Waals surface area (Å²) in [7, 11) is 0. The van der Waals surface area contributed by atoms with Gasteiger partial charge in [0, 0.05) is 18.9 Å². The molecule has 2 aliphatic heterocycles. The lowest BCUT2D eigenvalue weighted by Crippen LogP contribution is -2.41. The highest BCUT2D eigenvalue weighted by Crippen LogP contribution is 2.25. The molecule has 1 aromatic rings. The molecule has 106 valence electrons. The van der Waals surface area contributed by atoms with Crippen molar-refractivity contribution < 1.29 is 0 Å². The van der Waals surface area contributed by atoms with Gasteiger partial charge in [-0.15, -0.1) is 10.2 Å². The van der Waals surface area contributed by atoms with Gasteiger partial charge in [0.1, 0.15) is 11.6 Å². The monoisotopic (exact) mass is 263 g/mol. The van der Waals surface area contributed by atoms with Crippen LogP contribution in [0.15, 0.2) is 0 Å². The largest absolute Gasteiger partial charge is 0.311 e. The summed E-state index contributed by atoms with van der Waals surface area (Å²) in [6.45, 7) is 4.62. The van der Waals surface area contributed by atoms with E-state index in [1.54, 1.807) is 0 Å². The zero-order chi connectivity index (χ0) is 13.2. The van der Waals surface area contributed by atoms with Gasteiger partial charge in [0.15, 0.2) is 0 Å². The average molecular weight is 263 g/mol. The van der Waals surface area contributed by atoms with Gasteiger partial charge in [-0.1, -0.05) is 13.3 Å².